The number of anilines is 1. The quantitative estimate of drug-likeness (QED) is 0.795. The summed E-state index contributed by atoms with van der Waals surface area (Å²) < 4.78 is 6.78. The minimum atomic E-state index is 0.476. The Hall–Kier alpha value is -2.11. The van der Waals surface area contributed by atoms with Crippen LogP contribution in [0, 0.1) is 0 Å². The summed E-state index contributed by atoms with van der Waals surface area (Å²) in [5, 5.41) is 4.02. The van der Waals surface area contributed by atoms with Gasteiger partial charge in [0, 0.05) is 0 Å². The Labute approximate surface area is 86.7 Å². The van der Waals surface area contributed by atoms with E-state index in [4.69, 9.17) is 10.5 Å². The highest BCUT2D eigenvalue weighted by atomic mass is 16.5. The van der Waals surface area contributed by atoms with E-state index in [0.717, 1.165) is 0 Å². The summed E-state index contributed by atoms with van der Waals surface area (Å²) in [6.07, 6.45) is 6.36. The molecule has 0 unspecified atom stereocenters. The Morgan fingerprint density at radius 3 is 2.93 bits per heavy atom. The summed E-state index contributed by atoms with van der Waals surface area (Å²) >= 11 is 0. The van der Waals surface area contributed by atoms with E-state index in [-0.39, 0.29) is 0 Å². The molecule has 0 spiro atoms. The number of nitrogens with zero attached hydrogens (tertiary/aromatic N) is 4. The van der Waals surface area contributed by atoms with Crippen molar-refractivity contribution in [3.8, 4) is 11.7 Å². The monoisotopic (exact) mass is 205 g/mol. The van der Waals surface area contributed by atoms with E-state index < -0.39 is 0 Å². The smallest absolute Gasteiger partial charge is 0.234 e. The summed E-state index contributed by atoms with van der Waals surface area (Å²) in [7, 11) is 0. The molecule has 0 bridgehead atoms. The van der Waals surface area contributed by atoms with E-state index in [1.54, 1.807) is 29.5 Å². The third kappa shape index (κ3) is 2.04. The third-order valence-electron chi connectivity index (χ3n) is 1.73. The standard InChI is InChI=1S/C9H11N5O/c1-2-15-9-5-11-4-8(13-9)14-6-7(10)3-12-14/h3-6H,2,10H2,1H3. The minimum Gasteiger partial charge on any atom is -0.477 e. The second-order valence-electron chi connectivity index (χ2n) is 2.87. The van der Waals surface area contributed by atoms with Crippen LogP contribution in [0.4, 0.5) is 5.69 Å². The zero-order valence-corrected chi connectivity index (χ0v) is 8.29. The number of rotatable bonds is 3. The summed E-state index contributed by atoms with van der Waals surface area (Å²) in [5.41, 5.74) is 6.13. The molecule has 2 rings (SSSR count). The van der Waals surface area contributed by atoms with Crippen LogP contribution in [-0.2, 0) is 0 Å². The molecule has 78 valence electrons. The van der Waals surface area contributed by atoms with Crippen molar-refractivity contribution < 1.29 is 4.74 Å². The molecular weight excluding hydrogens is 194 g/mol. The molecule has 0 aliphatic carbocycles. The lowest BCUT2D eigenvalue weighted by Crippen LogP contribution is -2.02. The molecule has 2 N–H and O–H groups in total. The van der Waals surface area contributed by atoms with Crippen molar-refractivity contribution in [2.75, 3.05) is 12.3 Å². The zero-order chi connectivity index (χ0) is 10.7. The van der Waals surface area contributed by atoms with Crippen molar-refractivity contribution >= 4 is 5.69 Å². The highest BCUT2D eigenvalue weighted by Crippen LogP contribution is 2.09. The lowest BCUT2D eigenvalue weighted by Gasteiger charge is -2.03. The molecule has 2 aromatic rings. The molecule has 0 saturated heterocycles. The maximum atomic E-state index is 5.55. The van der Waals surface area contributed by atoms with Crippen molar-refractivity contribution in [2.45, 2.75) is 6.92 Å². The molecule has 0 aromatic carbocycles. The molecule has 6 nitrogen and oxygen atoms in total. The van der Waals surface area contributed by atoms with Gasteiger partial charge in [0.15, 0.2) is 5.82 Å². The van der Waals surface area contributed by atoms with Crippen LogP contribution in [0.1, 0.15) is 6.92 Å². The lowest BCUT2D eigenvalue weighted by molar-refractivity contribution is 0.324. The third-order valence-corrected chi connectivity index (χ3v) is 1.73. The average molecular weight is 205 g/mol. The molecule has 2 heterocycles. The zero-order valence-electron chi connectivity index (χ0n) is 8.29. The molecule has 0 radical (unpaired) electrons. The highest BCUT2D eigenvalue weighted by molar-refractivity contribution is 5.34. The Morgan fingerprint density at radius 1 is 1.40 bits per heavy atom. The number of nitrogen functional groups attached to an aromatic ring is 1. The van der Waals surface area contributed by atoms with Gasteiger partial charge in [-0.1, -0.05) is 0 Å². The molecule has 0 aliphatic heterocycles. The van der Waals surface area contributed by atoms with Crippen LogP contribution >= 0.6 is 0 Å². The van der Waals surface area contributed by atoms with Crippen LogP contribution in [0.5, 0.6) is 5.88 Å². The Morgan fingerprint density at radius 2 is 2.27 bits per heavy atom. The van der Waals surface area contributed by atoms with Gasteiger partial charge in [0.2, 0.25) is 5.88 Å². The van der Waals surface area contributed by atoms with Gasteiger partial charge in [-0.15, -0.1) is 0 Å². The van der Waals surface area contributed by atoms with Crippen LogP contribution < -0.4 is 10.5 Å². The van der Waals surface area contributed by atoms with Crippen LogP contribution in [0.2, 0.25) is 0 Å². The van der Waals surface area contributed by atoms with Crippen molar-refractivity contribution in [1.82, 2.24) is 19.7 Å². The fraction of sp³-hybridized carbons (Fsp3) is 0.222. The van der Waals surface area contributed by atoms with Crippen molar-refractivity contribution in [1.29, 1.82) is 0 Å². The second kappa shape index (κ2) is 3.95. The highest BCUT2D eigenvalue weighted by Gasteiger charge is 2.02. The molecule has 15 heavy (non-hydrogen) atoms. The lowest BCUT2D eigenvalue weighted by atomic mass is 10.6. The summed E-state index contributed by atoms with van der Waals surface area (Å²) in [6.45, 7) is 2.44. The van der Waals surface area contributed by atoms with E-state index in [9.17, 15) is 0 Å². The SMILES string of the molecule is CCOc1cncc(-n2cc(N)cn2)n1. The molecule has 0 aliphatic rings. The number of ether oxygens (including phenoxy) is 1. The van der Waals surface area contributed by atoms with Crippen LogP contribution in [0.15, 0.2) is 24.8 Å². The largest absolute Gasteiger partial charge is 0.477 e. The Kier molecular flexibility index (Phi) is 2.49. The molecular formula is C9H11N5O. The van der Waals surface area contributed by atoms with Gasteiger partial charge in [-0.2, -0.15) is 10.1 Å². The molecule has 0 atom stereocenters. The average Bonchev–Trinajstić information content (AvgIpc) is 2.66. The van der Waals surface area contributed by atoms with Crippen LogP contribution in [0.3, 0.4) is 0 Å². The van der Waals surface area contributed by atoms with Crippen LogP contribution in [0.25, 0.3) is 5.82 Å². The van der Waals surface area contributed by atoms with E-state index in [2.05, 4.69) is 15.1 Å². The number of aromatic nitrogens is 4. The molecule has 0 fully saturated rings. The number of nitrogens with two attached hydrogens (primary N) is 1. The molecule has 6 heteroatoms. The van der Waals surface area contributed by atoms with Crippen molar-refractivity contribution in [2.24, 2.45) is 0 Å². The first kappa shape index (κ1) is 9.45. The van der Waals surface area contributed by atoms with Crippen LogP contribution in [-0.4, -0.2) is 26.4 Å². The van der Waals surface area contributed by atoms with Gasteiger partial charge in [0.25, 0.3) is 0 Å². The maximum absolute atomic E-state index is 5.55. The first-order chi connectivity index (χ1) is 7.29. The van der Waals surface area contributed by atoms with Crippen molar-refractivity contribution in [3.63, 3.8) is 0 Å². The predicted octanol–water partition coefficient (Wildman–Crippen LogP) is 0.643. The molecule has 0 amide bonds. The van der Waals surface area contributed by atoms with E-state index >= 15 is 0 Å². The van der Waals surface area contributed by atoms with Gasteiger partial charge < -0.3 is 10.5 Å². The minimum absolute atomic E-state index is 0.476. The summed E-state index contributed by atoms with van der Waals surface area (Å²) in [4.78, 5) is 8.21. The second-order valence-corrected chi connectivity index (χ2v) is 2.87. The summed E-state index contributed by atoms with van der Waals surface area (Å²) in [5.74, 6) is 1.06. The van der Waals surface area contributed by atoms with Gasteiger partial charge in [-0.3, -0.25) is 4.98 Å². The molecule has 2 aromatic heterocycles. The Bertz CT molecular complexity index is 453. The fourth-order valence-corrected chi connectivity index (χ4v) is 1.13. The van der Waals surface area contributed by atoms with Gasteiger partial charge in [-0.05, 0) is 6.92 Å². The van der Waals surface area contributed by atoms with E-state index in [1.807, 2.05) is 6.92 Å². The number of hydrogen-bond acceptors (Lipinski definition) is 5. The number of hydrogen-bond donors (Lipinski definition) is 1. The van der Waals surface area contributed by atoms with Gasteiger partial charge >= 0.3 is 0 Å². The van der Waals surface area contributed by atoms with Crippen molar-refractivity contribution in [3.05, 3.63) is 24.8 Å². The van der Waals surface area contributed by atoms with E-state index in [1.165, 1.54) is 0 Å². The summed E-state index contributed by atoms with van der Waals surface area (Å²) in [6, 6.07) is 0. The first-order valence-electron chi connectivity index (χ1n) is 4.55. The Balaban J connectivity index is 2.32. The van der Waals surface area contributed by atoms with E-state index in [0.29, 0.717) is 24.0 Å². The predicted molar refractivity (Wildman–Crippen MR) is 54.7 cm³/mol. The van der Waals surface area contributed by atoms with Gasteiger partial charge in [0.05, 0.1) is 37.1 Å². The molecule has 0 saturated carbocycles. The van der Waals surface area contributed by atoms with Gasteiger partial charge in [-0.25, -0.2) is 4.68 Å². The fourth-order valence-electron chi connectivity index (χ4n) is 1.13. The maximum Gasteiger partial charge on any atom is 0.234 e. The first-order valence-corrected chi connectivity index (χ1v) is 4.55. The van der Waals surface area contributed by atoms with Gasteiger partial charge in [0.1, 0.15) is 0 Å². The topological polar surface area (TPSA) is 78.9 Å². The normalized spacial score (nSPS) is 10.2.